The number of ether oxygens (including phenoxy) is 1. The molecule has 0 bridgehead atoms. The van der Waals surface area contributed by atoms with E-state index in [1.165, 1.54) is 11.1 Å². The van der Waals surface area contributed by atoms with Gasteiger partial charge in [0.05, 0.1) is 6.61 Å². The smallest absolute Gasteiger partial charge is 0.0553 e. The molecule has 1 rings (SSSR count). The van der Waals surface area contributed by atoms with E-state index in [2.05, 4.69) is 52.0 Å². The van der Waals surface area contributed by atoms with Crippen molar-refractivity contribution >= 4 is 0 Å². The Morgan fingerprint density at radius 3 is 2.24 bits per heavy atom. The molecule has 2 N–H and O–H groups in total. The molecule has 0 aromatic heterocycles. The first-order chi connectivity index (χ1) is 7.76. The van der Waals surface area contributed by atoms with Crippen LogP contribution in [0.5, 0.6) is 0 Å². The van der Waals surface area contributed by atoms with Crippen molar-refractivity contribution in [3.8, 4) is 0 Å². The first kappa shape index (κ1) is 14.2. The minimum atomic E-state index is -0.181. The van der Waals surface area contributed by atoms with E-state index in [9.17, 15) is 0 Å². The van der Waals surface area contributed by atoms with Gasteiger partial charge in [-0.05, 0) is 31.4 Å². The molecule has 0 amide bonds. The summed E-state index contributed by atoms with van der Waals surface area (Å²) in [7, 11) is 1.75. The van der Waals surface area contributed by atoms with Crippen LogP contribution in [-0.4, -0.2) is 19.3 Å². The number of hydrogen-bond donors (Lipinski definition) is 1. The van der Waals surface area contributed by atoms with E-state index < -0.39 is 0 Å². The Morgan fingerprint density at radius 1 is 1.12 bits per heavy atom. The van der Waals surface area contributed by atoms with Gasteiger partial charge in [-0.25, -0.2) is 0 Å². The van der Waals surface area contributed by atoms with Gasteiger partial charge in [0.2, 0.25) is 0 Å². The standard InChI is InChI=1S/C15H25NO/c1-14(2,11-17-5)13-9-7-6-8-12(13)10-15(3,4)16/h6-9H,10-11,16H2,1-5H3. The van der Waals surface area contributed by atoms with Gasteiger partial charge < -0.3 is 10.5 Å². The zero-order chi connectivity index (χ0) is 13.1. The summed E-state index contributed by atoms with van der Waals surface area (Å²) >= 11 is 0. The van der Waals surface area contributed by atoms with E-state index >= 15 is 0 Å². The van der Waals surface area contributed by atoms with Crippen LogP contribution in [0.1, 0.15) is 38.8 Å². The summed E-state index contributed by atoms with van der Waals surface area (Å²) in [4.78, 5) is 0. The van der Waals surface area contributed by atoms with Crippen molar-refractivity contribution in [3.63, 3.8) is 0 Å². The van der Waals surface area contributed by atoms with E-state index in [4.69, 9.17) is 10.5 Å². The molecule has 2 heteroatoms. The third-order valence-electron chi connectivity index (χ3n) is 2.90. The second kappa shape index (κ2) is 5.19. The molecular formula is C15H25NO. The zero-order valence-electron chi connectivity index (χ0n) is 11.7. The quantitative estimate of drug-likeness (QED) is 0.851. The zero-order valence-corrected chi connectivity index (χ0v) is 11.7. The molecular weight excluding hydrogens is 210 g/mol. The fraction of sp³-hybridized carbons (Fsp3) is 0.600. The molecule has 0 aliphatic rings. The third kappa shape index (κ3) is 4.14. The fourth-order valence-electron chi connectivity index (χ4n) is 2.26. The van der Waals surface area contributed by atoms with Crippen LogP contribution >= 0.6 is 0 Å². The molecule has 0 spiro atoms. The Balaban J connectivity index is 3.07. The van der Waals surface area contributed by atoms with Crippen LogP contribution in [0.4, 0.5) is 0 Å². The van der Waals surface area contributed by atoms with Gasteiger partial charge in [-0.3, -0.25) is 0 Å². The van der Waals surface area contributed by atoms with Gasteiger partial charge in [-0.2, -0.15) is 0 Å². The molecule has 0 aliphatic carbocycles. The van der Waals surface area contributed by atoms with Gasteiger partial charge >= 0.3 is 0 Å². The molecule has 0 radical (unpaired) electrons. The summed E-state index contributed by atoms with van der Waals surface area (Å²) in [5.41, 5.74) is 8.62. The third-order valence-corrected chi connectivity index (χ3v) is 2.90. The molecule has 0 aliphatic heterocycles. The predicted molar refractivity (Wildman–Crippen MR) is 73.3 cm³/mol. The Hall–Kier alpha value is -0.860. The lowest BCUT2D eigenvalue weighted by Crippen LogP contribution is -2.36. The van der Waals surface area contributed by atoms with Gasteiger partial charge in [0, 0.05) is 18.1 Å². The number of benzene rings is 1. The minimum absolute atomic E-state index is 0.0244. The number of hydrogen-bond acceptors (Lipinski definition) is 2. The number of rotatable bonds is 5. The number of nitrogens with two attached hydrogens (primary N) is 1. The summed E-state index contributed by atoms with van der Waals surface area (Å²) < 4.78 is 5.31. The lowest BCUT2D eigenvalue weighted by molar-refractivity contribution is 0.146. The maximum atomic E-state index is 6.12. The normalized spacial score (nSPS) is 12.8. The highest BCUT2D eigenvalue weighted by atomic mass is 16.5. The summed E-state index contributed by atoms with van der Waals surface area (Å²) in [5.74, 6) is 0. The average Bonchev–Trinajstić information content (AvgIpc) is 2.15. The van der Waals surface area contributed by atoms with Gasteiger partial charge in [0.15, 0.2) is 0 Å². The summed E-state index contributed by atoms with van der Waals surface area (Å²) in [6.45, 7) is 9.26. The van der Waals surface area contributed by atoms with Gasteiger partial charge in [-0.15, -0.1) is 0 Å². The topological polar surface area (TPSA) is 35.2 Å². The minimum Gasteiger partial charge on any atom is -0.384 e. The van der Waals surface area contributed by atoms with Crippen LogP contribution in [0.25, 0.3) is 0 Å². The fourth-order valence-corrected chi connectivity index (χ4v) is 2.26. The van der Waals surface area contributed by atoms with Gasteiger partial charge in [0.25, 0.3) is 0 Å². The van der Waals surface area contributed by atoms with Crippen LogP contribution in [0, 0.1) is 0 Å². The second-order valence-corrected chi connectivity index (χ2v) is 6.14. The van der Waals surface area contributed by atoms with E-state index in [0.717, 1.165) is 13.0 Å². The van der Waals surface area contributed by atoms with Crippen molar-refractivity contribution in [2.75, 3.05) is 13.7 Å². The maximum Gasteiger partial charge on any atom is 0.0553 e. The molecule has 2 nitrogen and oxygen atoms in total. The lowest BCUT2D eigenvalue weighted by atomic mass is 9.79. The summed E-state index contributed by atoms with van der Waals surface area (Å²) in [5, 5.41) is 0. The maximum absolute atomic E-state index is 6.12. The molecule has 0 saturated carbocycles. The molecule has 96 valence electrons. The molecule has 0 saturated heterocycles. The van der Waals surface area contributed by atoms with Gasteiger partial charge in [0.1, 0.15) is 0 Å². The molecule has 1 aromatic rings. The van der Waals surface area contributed by atoms with E-state index in [0.29, 0.717) is 0 Å². The van der Waals surface area contributed by atoms with Crippen molar-refractivity contribution in [3.05, 3.63) is 35.4 Å². The van der Waals surface area contributed by atoms with Crippen molar-refractivity contribution < 1.29 is 4.74 Å². The Morgan fingerprint density at radius 2 is 1.71 bits per heavy atom. The van der Waals surface area contributed by atoms with Crippen LogP contribution < -0.4 is 5.73 Å². The summed E-state index contributed by atoms with van der Waals surface area (Å²) in [6.07, 6.45) is 0.885. The van der Waals surface area contributed by atoms with Crippen LogP contribution in [0.15, 0.2) is 24.3 Å². The SMILES string of the molecule is COCC(C)(C)c1ccccc1CC(C)(C)N. The van der Waals surface area contributed by atoms with Crippen LogP contribution in [0.3, 0.4) is 0 Å². The van der Waals surface area contributed by atoms with E-state index in [-0.39, 0.29) is 11.0 Å². The Kier molecular flexibility index (Phi) is 4.34. The Bertz CT molecular complexity index is 363. The second-order valence-electron chi connectivity index (χ2n) is 6.14. The van der Waals surface area contributed by atoms with Gasteiger partial charge in [-0.1, -0.05) is 38.1 Å². The van der Waals surface area contributed by atoms with Crippen molar-refractivity contribution in [1.82, 2.24) is 0 Å². The Labute approximate surface area is 105 Å². The van der Waals surface area contributed by atoms with Crippen molar-refractivity contribution in [2.45, 2.75) is 45.1 Å². The number of methoxy groups -OCH3 is 1. The monoisotopic (exact) mass is 235 g/mol. The summed E-state index contributed by atoms with van der Waals surface area (Å²) in [6, 6.07) is 8.51. The molecule has 0 atom stereocenters. The first-order valence-corrected chi connectivity index (χ1v) is 6.12. The molecule has 0 fully saturated rings. The van der Waals surface area contributed by atoms with Crippen LogP contribution in [-0.2, 0) is 16.6 Å². The van der Waals surface area contributed by atoms with Crippen molar-refractivity contribution in [1.29, 1.82) is 0 Å². The highest BCUT2D eigenvalue weighted by molar-refractivity contribution is 5.34. The molecule has 17 heavy (non-hydrogen) atoms. The van der Waals surface area contributed by atoms with Crippen LogP contribution in [0.2, 0.25) is 0 Å². The van der Waals surface area contributed by atoms with E-state index in [1.54, 1.807) is 7.11 Å². The lowest BCUT2D eigenvalue weighted by Gasteiger charge is -2.29. The first-order valence-electron chi connectivity index (χ1n) is 6.12. The highest BCUT2D eigenvalue weighted by Crippen LogP contribution is 2.28. The molecule has 0 unspecified atom stereocenters. The molecule has 0 heterocycles. The van der Waals surface area contributed by atoms with E-state index in [1.807, 2.05) is 0 Å². The average molecular weight is 235 g/mol. The highest BCUT2D eigenvalue weighted by Gasteiger charge is 2.25. The largest absolute Gasteiger partial charge is 0.384 e. The predicted octanol–water partition coefficient (Wildman–Crippen LogP) is 2.89. The van der Waals surface area contributed by atoms with Crippen molar-refractivity contribution in [2.24, 2.45) is 5.73 Å². The molecule has 1 aromatic carbocycles.